The molecular weight excluding hydrogens is 410 g/mol. The maximum atomic E-state index is 12.0. The number of fused-ring (bicyclic) bond motifs is 1. The Morgan fingerprint density at radius 2 is 1.67 bits per heavy atom. The molecule has 0 aliphatic rings. The number of benzene rings is 3. The van der Waals surface area contributed by atoms with Gasteiger partial charge < -0.3 is 14.6 Å². The second-order valence-electron chi connectivity index (χ2n) is 8.29. The van der Waals surface area contributed by atoms with Crippen LogP contribution in [0.15, 0.2) is 78.9 Å². The summed E-state index contributed by atoms with van der Waals surface area (Å²) in [5.74, 6) is 1.75. The Kier molecular flexibility index (Phi) is 7.75. The molecule has 1 heterocycles. The zero-order valence-corrected chi connectivity index (χ0v) is 19.2. The molecule has 0 atom stereocenters. The van der Waals surface area contributed by atoms with Crippen molar-refractivity contribution >= 4 is 16.9 Å². The van der Waals surface area contributed by atoms with Gasteiger partial charge in [0.1, 0.15) is 11.6 Å². The predicted molar refractivity (Wildman–Crippen MR) is 133 cm³/mol. The lowest BCUT2D eigenvalue weighted by Crippen LogP contribution is -2.29. The van der Waals surface area contributed by atoms with E-state index >= 15 is 0 Å². The Morgan fingerprint density at radius 1 is 0.909 bits per heavy atom. The third-order valence-corrected chi connectivity index (χ3v) is 5.84. The molecule has 1 amide bonds. The minimum atomic E-state index is -0.0844. The van der Waals surface area contributed by atoms with E-state index in [4.69, 9.17) is 9.72 Å². The molecule has 4 rings (SSSR count). The first-order chi connectivity index (χ1) is 16.2. The summed E-state index contributed by atoms with van der Waals surface area (Å²) < 4.78 is 7.83. The highest BCUT2D eigenvalue weighted by Gasteiger charge is 2.11. The number of carbonyl (C=O) groups is 1. The Bertz CT molecular complexity index is 1180. The van der Waals surface area contributed by atoms with Crippen LogP contribution in [0.5, 0.6) is 5.75 Å². The van der Waals surface area contributed by atoms with E-state index in [-0.39, 0.29) is 12.5 Å². The molecule has 0 saturated heterocycles. The summed E-state index contributed by atoms with van der Waals surface area (Å²) in [4.78, 5) is 16.9. The van der Waals surface area contributed by atoms with Gasteiger partial charge in [-0.1, -0.05) is 61.0 Å². The number of aryl methyl sites for hydroxylation is 2. The van der Waals surface area contributed by atoms with Gasteiger partial charge in [-0.3, -0.25) is 4.79 Å². The van der Waals surface area contributed by atoms with Crippen LogP contribution in [0.1, 0.15) is 36.2 Å². The highest BCUT2D eigenvalue weighted by molar-refractivity contribution is 5.77. The van der Waals surface area contributed by atoms with Crippen LogP contribution in [-0.2, 0) is 17.8 Å². The maximum Gasteiger partial charge on any atom is 0.257 e. The molecule has 0 aliphatic carbocycles. The fourth-order valence-corrected chi connectivity index (χ4v) is 3.98. The Labute approximate surface area is 195 Å². The zero-order chi connectivity index (χ0) is 22.9. The smallest absolute Gasteiger partial charge is 0.257 e. The number of imidazole rings is 1. The van der Waals surface area contributed by atoms with Crippen molar-refractivity contribution in [2.75, 3.05) is 13.2 Å². The molecule has 0 bridgehead atoms. The molecular formula is C28H31N3O2. The van der Waals surface area contributed by atoms with Crippen molar-refractivity contribution in [1.82, 2.24) is 14.9 Å². The van der Waals surface area contributed by atoms with Crippen molar-refractivity contribution < 1.29 is 9.53 Å². The minimum Gasteiger partial charge on any atom is -0.484 e. The number of aromatic nitrogens is 2. The predicted octanol–water partition coefficient (Wildman–Crippen LogP) is 5.30. The van der Waals surface area contributed by atoms with Crippen LogP contribution >= 0.6 is 0 Å². The maximum absolute atomic E-state index is 12.0. The molecule has 5 nitrogen and oxygen atoms in total. The van der Waals surface area contributed by atoms with E-state index in [1.165, 1.54) is 16.6 Å². The SMILES string of the molecule is Cc1ccccc1Cn1c(CCCCCNC(=O)COc2ccccc2)nc2ccccc21. The lowest BCUT2D eigenvalue weighted by Gasteiger charge is -2.12. The number of ether oxygens (including phenoxy) is 1. The standard InChI is InChI=1S/C28H31N3O2/c1-22-12-7-8-13-23(22)20-31-26-17-10-9-16-25(26)30-27(31)18-6-3-11-19-29-28(32)21-33-24-14-4-2-5-15-24/h2,4-5,7-10,12-17H,3,6,11,18-21H2,1H3,(H,29,32). The lowest BCUT2D eigenvalue weighted by molar-refractivity contribution is -0.123. The van der Waals surface area contributed by atoms with Gasteiger partial charge in [0.15, 0.2) is 6.61 Å². The van der Waals surface area contributed by atoms with Crippen LogP contribution in [0.4, 0.5) is 0 Å². The molecule has 0 saturated carbocycles. The van der Waals surface area contributed by atoms with Gasteiger partial charge >= 0.3 is 0 Å². The highest BCUT2D eigenvalue weighted by atomic mass is 16.5. The topological polar surface area (TPSA) is 56.2 Å². The molecule has 0 spiro atoms. The normalized spacial score (nSPS) is 10.9. The summed E-state index contributed by atoms with van der Waals surface area (Å²) in [6, 6.07) is 26.3. The van der Waals surface area contributed by atoms with Crippen molar-refractivity contribution in [3.63, 3.8) is 0 Å². The van der Waals surface area contributed by atoms with Gasteiger partial charge in [-0.15, -0.1) is 0 Å². The molecule has 0 fully saturated rings. The molecule has 3 aromatic carbocycles. The molecule has 170 valence electrons. The number of rotatable bonds is 11. The highest BCUT2D eigenvalue weighted by Crippen LogP contribution is 2.21. The summed E-state index contributed by atoms with van der Waals surface area (Å²) >= 11 is 0. The second kappa shape index (κ2) is 11.3. The van der Waals surface area contributed by atoms with Crippen LogP contribution in [0, 0.1) is 6.92 Å². The summed E-state index contributed by atoms with van der Waals surface area (Å²) in [7, 11) is 0. The van der Waals surface area contributed by atoms with Crippen LogP contribution in [-0.4, -0.2) is 28.6 Å². The first kappa shape index (κ1) is 22.6. The summed E-state index contributed by atoms with van der Waals surface area (Å²) in [5, 5.41) is 2.94. The van der Waals surface area contributed by atoms with Gasteiger partial charge in [0.25, 0.3) is 5.91 Å². The number of hydrogen-bond acceptors (Lipinski definition) is 3. The van der Waals surface area contributed by atoms with E-state index in [1.807, 2.05) is 36.4 Å². The molecule has 4 aromatic rings. The number of amides is 1. The zero-order valence-electron chi connectivity index (χ0n) is 19.2. The van der Waals surface area contributed by atoms with Crippen molar-refractivity contribution in [3.8, 4) is 5.75 Å². The van der Waals surface area contributed by atoms with E-state index in [2.05, 4.69) is 59.3 Å². The number of nitrogens with one attached hydrogen (secondary N) is 1. The number of hydrogen-bond donors (Lipinski definition) is 1. The van der Waals surface area contributed by atoms with Gasteiger partial charge in [0, 0.05) is 19.5 Å². The fourth-order valence-electron chi connectivity index (χ4n) is 3.98. The summed E-state index contributed by atoms with van der Waals surface area (Å²) in [6.45, 7) is 3.71. The largest absolute Gasteiger partial charge is 0.484 e. The molecule has 33 heavy (non-hydrogen) atoms. The second-order valence-corrected chi connectivity index (χ2v) is 8.29. The van der Waals surface area contributed by atoms with Crippen LogP contribution in [0.3, 0.4) is 0 Å². The molecule has 0 aliphatic heterocycles. The fraction of sp³-hybridized carbons (Fsp3) is 0.286. The summed E-state index contributed by atoms with van der Waals surface area (Å²) in [5.41, 5.74) is 4.85. The monoisotopic (exact) mass is 441 g/mol. The molecule has 5 heteroatoms. The Balaban J connectivity index is 1.25. The Morgan fingerprint density at radius 3 is 2.52 bits per heavy atom. The van der Waals surface area contributed by atoms with Gasteiger partial charge in [-0.25, -0.2) is 4.98 Å². The van der Waals surface area contributed by atoms with E-state index in [1.54, 1.807) is 0 Å². The van der Waals surface area contributed by atoms with Gasteiger partial charge in [-0.2, -0.15) is 0 Å². The van der Waals surface area contributed by atoms with E-state index in [0.29, 0.717) is 12.3 Å². The van der Waals surface area contributed by atoms with Crippen molar-refractivity contribution in [3.05, 3.63) is 95.8 Å². The van der Waals surface area contributed by atoms with E-state index in [9.17, 15) is 4.79 Å². The number of unbranched alkanes of at least 4 members (excludes halogenated alkanes) is 2. The quantitative estimate of drug-likeness (QED) is 0.321. The van der Waals surface area contributed by atoms with Crippen molar-refractivity contribution in [2.24, 2.45) is 0 Å². The van der Waals surface area contributed by atoms with Crippen LogP contribution in [0.25, 0.3) is 11.0 Å². The molecule has 1 N–H and O–H groups in total. The van der Waals surface area contributed by atoms with Crippen LogP contribution in [0.2, 0.25) is 0 Å². The average molecular weight is 442 g/mol. The van der Waals surface area contributed by atoms with E-state index in [0.717, 1.165) is 43.6 Å². The first-order valence-corrected chi connectivity index (χ1v) is 11.6. The summed E-state index contributed by atoms with van der Waals surface area (Å²) in [6.07, 6.45) is 3.93. The van der Waals surface area contributed by atoms with Crippen molar-refractivity contribution in [2.45, 2.75) is 39.2 Å². The Hall–Kier alpha value is -3.60. The number of nitrogens with zero attached hydrogens (tertiary/aromatic N) is 2. The third kappa shape index (κ3) is 6.22. The molecule has 0 unspecified atom stereocenters. The van der Waals surface area contributed by atoms with Gasteiger partial charge in [-0.05, 0) is 55.2 Å². The first-order valence-electron chi connectivity index (χ1n) is 11.6. The van der Waals surface area contributed by atoms with Gasteiger partial charge in [0.2, 0.25) is 0 Å². The lowest BCUT2D eigenvalue weighted by atomic mass is 10.1. The third-order valence-electron chi connectivity index (χ3n) is 5.84. The van der Waals surface area contributed by atoms with Crippen LogP contribution < -0.4 is 10.1 Å². The number of carbonyl (C=O) groups excluding carboxylic acids is 1. The number of para-hydroxylation sites is 3. The van der Waals surface area contributed by atoms with Crippen molar-refractivity contribution in [1.29, 1.82) is 0 Å². The molecule has 1 aromatic heterocycles. The average Bonchev–Trinajstić information content (AvgIpc) is 3.19. The minimum absolute atomic E-state index is 0.0486. The molecule has 0 radical (unpaired) electrons. The van der Waals surface area contributed by atoms with E-state index < -0.39 is 0 Å². The van der Waals surface area contributed by atoms with Gasteiger partial charge in [0.05, 0.1) is 11.0 Å².